The number of hydrogen-bond acceptors (Lipinski definition) is 4. The van der Waals surface area contributed by atoms with Crippen LogP contribution < -0.4 is 9.47 Å². The van der Waals surface area contributed by atoms with E-state index in [1.54, 1.807) is 0 Å². The Morgan fingerprint density at radius 1 is 1.32 bits per heavy atom. The third-order valence-corrected chi connectivity index (χ3v) is 3.51. The van der Waals surface area contributed by atoms with Crippen molar-refractivity contribution < 1.29 is 9.47 Å². The van der Waals surface area contributed by atoms with Crippen molar-refractivity contribution in [1.29, 1.82) is 0 Å². The topological polar surface area (TPSA) is 52.1 Å². The number of nitrogens with zero attached hydrogens (tertiary/aromatic N) is 2. The highest BCUT2D eigenvalue weighted by Gasteiger charge is 2.12. The van der Waals surface area contributed by atoms with E-state index in [1.807, 2.05) is 29.8 Å². The fourth-order valence-electron chi connectivity index (χ4n) is 2.04. The van der Waals surface area contributed by atoms with Crippen LogP contribution in [0, 0.1) is 4.77 Å². The fourth-order valence-corrected chi connectivity index (χ4v) is 2.19. The Bertz CT molecular complexity index is 648. The van der Waals surface area contributed by atoms with Gasteiger partial charge in [0.25, 0.3) is 0 Å². The first kappa shape index (κ1) is 12.2. The minimum atomic E-state index is 0.629. The first-order chi connectivity index (χ1) is 9.24. The maximum Gasteiger partial charge on any atom is 0.194 e. The van der Waals surface area contributed by atoms with Crippen LogP contribution in [0.4, 0.5) is 0 Å². The number of ether oxygens (including phenoxy) is 2. The molecule has 5 nitrogen and oxygen atoms in total. The first-order valence-corrected chi connectivity index (χ1v) is 6.63. The van der Waals surface area contributed by atoms with Crippen LogP contribution in [0.1, 0.15) is 17.8 Å². The molecular formula is C13H15N3O2S. The Labute approximate surface area is 116 Å². The van der Waals surface area contributed by atoms with Gasteiger partial charge in [-0.2, -0.15) is 5.10 Å². The molecule has 0 unspecified atom stereocenters. The average Bonchev–Trinajstić information content (AvgIpc) is 2.65. The summed E-state index contributed by atoms with van der Waals surface area (Å²) in [4.78, 5) is 0. The van der Waals surface area contributed by atoms with Crippen LogP contribution in [0.5, 0.6) is 11.5 Å². The van der Waals surface area contributed by atoms with Gasteiger partial charge in [-0.25, -0.2) is 0 Å². The molecule has 2 aromatic rings. The largest absolute Gasteiger partial charge is 0.490 e. The van der Waals surface area contributed by atoms with Gasteiger partial charge in [0, 0.05) is 19.9 Å². The lowest BCUT2D eigenvalue weighted by Crippen LogP contribution is -2.00. The zero-order valence-electron chi connectivity index (χ0n) is 10.7. The normalized spacial score (nSPS) is 14.2. The van der Waals surface area contributed by atoms with Crippen molar-refractivity contribution >= 4 is 12.2 Å². The van der Waals surface area contributed by atoms with E-state index in [1.165, 1.54) is 0 Å². The number of benzene rings is 1. The molecule has 19 heavy (non-hydrogen) atoms. The Morgan fingerprint density at radius 3 is 2.84 bits per heavy atom. The third kappa shape index (κ3) is 2.49. The van der Waals surface area contributed by atoms with Crippen molar-refractivity contribution in [3.05, 3.63) is 34.4 Å². The average molecular weight is 277 g/mol. The molecule has 0 fully saturated rings. The second kappa shape index (κ2) is 5.05. The van der Waals surface area contributed by atoms with Gasteiger partial charge >= 0.3 is 0 Å². The molecule has 1 N–H and O–H groups in total. The second-order valence-corrected chi connectivity index (χ2v) is 4.90. The maximum atomic E-state index is 5.68. The van der Waals surface area contributed by atoms with Crippen molar-refractivity contribution in [2.24, 2.45) is 7.05 Å². The summed E-state index contributed by atoms with van der Waals surface area (Å²) in [6.07, 6.45) is 1.62. The number of aromatic nitrogens is 3. The van der Waals surface area contributed by atoms with Crippen LogP contribution in [-0.2, 0) is 13.5 Å². The Balaban J connectivity index is 1.88. The number of H-pyrrole nitrogens is 1. The van der Waals surface area contributed by atoms with Gasteiger partial charge in [0.15, 0.2) is 16.3 Å². The summed E-state index contributed by atoms with van der Waals surface area (Å²) >= 11 is 5.11. The molecule has 100 valence electrons. The van der Waals surface area contributed by atoms with Crippen LogP contribution in [0.3, 0.4) is 0 Å². The SMILES string of the molecule is Cn1c(Cc2ccc3c(c2)OCCCO3)n[nH]c1=S. The van der Waals surface area contributed by atoms with E-state index in [9.17, 15) is 0 Å². The summed E-state index contributed by atoms with van der Waals surface area (Å²) in [5.74, 6) is 2.53. The second-order valence-electron chi connectivity index (χ2n) is 4.51. The van der Waals surface area contributed by atoms with Gasteiger partial charge in [-0.1, -0.05) is 6.07 Å². The molecule has 0 spiro atoms. The third-order valence-electron chi connectivity index (χ3n) is 3.15. The van der Waals surface area contributed by atoms with Crippen LogP contribution in [-0.4, -0.2) is 28.0 Å². The van der Waals surface area contributed by atoms with Crippen LogP contribution in [0.25, 0.3) is 0 Å². The molecule has 1 aromatic carbocycles. The number of rotatable bonds is 2. The van der Waals surface area contributed by atoms with Crippen molar-refractivity contribution in [1.82, 2.24) is 14.8 Å². The molecule has 0 saturated heterocycles. The summed E-state index contributed by atoms with van der Waals surface area (Å²) in [6.45, 7) is 1.41. The van der Waals surface area contributed by atoms with Crippen LogP contribution >= 0.6 is 12.2 Å². The lowest BCUT2D eigenvalue weighted by Gasteiger charge is -2.09. The van der Waals surface area contributed by atoms with Crippen molar-refractivity contribution in [2.75, 3.05) is 13.2 Å². The van der Waals surface area contributed by atoms with E-state index >= 15 is 0 Å². The van der Waals surface area contributed by atoms with Crippen molar-refractivity contribution in [3.63, 3.8) is 0 Å². The summed E-state index contributed by atoms with van der Waals surface area (Å²) in [5, 5.41) is 7.00. The highest BCUT2D eigenvalue weighted by atomic mass is 32.1. The lowest BCUT2D eigenvalue weighted by atomic mass is 10.1. The van der Waals surface area contributed by atoms with E-state index < -0.39 is 0 Å². The molecule has 0 aliphatic carbocycles. The monoisotopic (exact) mass is 277 g/mol. The minimum Gasteiger partial charge on any atom is -0.490 e. The predicted molar refractivity (Wildman–Crippen MR) is 73.2 cm³/mol. The van der Waals surface area contributed by atoms with E-state index in [0.717, 1.165) is 29.3 Å². The van der Waals surface area contributed by atoms with Gasteiger partial charge in [-0.3, -0.25) is 5.10 Å². The molecule has 1 aliphatic rings. The van der Waals surface area contributed by atoms with Gasteiger partial charge in [-0.05, 0) is 29.9 Å². The summed E-state index contributed by atoms with van der Waals surface area (Å²) in [6, 6.07) is 6.00. The quantitative estimate of drug-likeness (QED) is 0.855. The molecule has 6 heteroatoms. The maximum absolute atomic E-state index is 5.68. The van der Waals surface area contributed by atoms with E-state index in [0.29, 0.717) is 24.4 Å². The number of aromatic amines is 1. The van der Waals surface area contributed by atoms with Gasteiger partial charge < -0.3 is 14.0 Å². The Kier molecular flexibility index (Phi) is 3.25. The lowest BCUT2D eigenvalue weighted by molar-refractivity contribution is 0.297. The van der Waals surface area contributed by atoms with Crippen LogP contribution in [0.15, 0.2) is 18.2 Å². The van der Waals surface area contributed by atoms with Gasteiger partial charge in [-0.15, -0.1) is 0 Å². The molecule has 1 aliphatic heterocycles. The first-order valence-electron chi connectivity index (χ1n) is 6.23. The summed E-state index contributed by atoms with van der Waals surface area (Å²) in [7, 11) is 1.91. The molecule has 0 bridgehead atoms. The Hall–Kier alpha value is -1.82. The molecule has 0 saturated carbocycles. The molecule has 0 atom stereocenters. The Morgan fingerprint density at radius 2 is 2.11 bits per heavy atom. The van der Waals surface area contributed by atoms with Crippen molar-refractivity contribution in [2.45, 2.75) is 12.8 Å². The molecule has 2 heterocycles. The molecule has 0 amide bonds. The highest BCUT2D eigenvalue weighted by molar-refractivity contribution is 7.71. The number of nitrogens with one attached hydrogen (secondary N) is 1. The van der Waals surface area contributed by atoms with Gasteiger partial charge in [0.05, 0.1) is 13.2 Å². The zero-order valence-corrected chi connectivity index (χ0v) is 11.5. The zero-order chi connectivity index (χ0) is 13.2. The van der Waals surface area contributed by atoms with Crippen molar-refractivity contribution in [3.8, 4) is 11.5 Å². The number of hydrogen-bond donors (Lipinski definition) is 1. The van der Waals surface area contributed by atoms with E-state index in [4.69, 9.17) is 21.7 Å². The standard InChI is InChI=1S/C13H15N3O2S/c1-16-12(14-15-13(16)19)8-9-3-4-10-11(7-9)18-6-2-5-17-10/h3-4,7H,2,5-6,8H2,1H3,(H,15,19). The van der Waals surface area contributed by atoms with Gasteiger partial charge in [0.2, 0.25) is 0 Å². The predicted octanol–water partition coefficient (Wildman–Crippen LogP) is 2.23. The molecule has 1 aromatic heterocycles. The smallest absolute Gasteiger partial charge is 0.194 e. The molecule has 0 radical (unpaired) electrons. The van der Waals surface area contributed by atoms with Crippen LogP contribution in [0.2, 0.25) is 0 Å². The summed E-state index contributed by atoms with van der Waals surface area (Å²) < 4.78 is 13.8. The molecular weight excluding hydrogens is 262 g/mol. The minimum absolute atomic E-state index is 0.629. The summed E-state index contributed by atoms with van der Waals surface area (Å²) in [5.41, 5.74) is 1.13. The van der Waals surface area contributed by atoms with E-state index in [2.05, 4.69) is 10.2 Å². The highest BCUT2D eigenvalue weighted by Crippen LogP contribution is 2.30. The molecule has 3 rings (SSSR count). The number of fused-ring (bicyclic) bond motifs is 1. The van der Waals surface area contributed by atoms with Gasteiger partial charge in [0.1, 0.15) is 5.82 Å². The van der Waals surface area contributed by atoms with E-state index in [-0.39, 0.29) is 0 Å². The fraction of sp³-hybridized carbons (Fsp3) is 0.385.